The van der Waals surface area contributed by atoms with Crippen molar-refractivity contribution in [2.24, 2.45) is 0 Å². The molecule has 22 heavy (non-hydrogen) atoms. The fourth-order valence-corrected chi connectivity index (χ4v) is 2.76. The number of imidazole rings is 2. The van der Waals surface area contributed by atoms with Crippen molar-refractivity contribution in [1.82, 2.24) is 19.9 Å². The molecule has 0 bridgehead atoms. The van der Waals surface area contributed by atoms with E-state index in [0.29, 0.717) is 0 Å². The molecule has 0 radical (unpaired) electrons. The lowest BCUT2D eigenvalue weighted by molar-refractivity contribution is 1.27. The summed E-state index contributed by atoms with van der Waals surface area (Å²) in [7, 11) is 0. The van der Waals surface area contributed by atoms with Gasteiger partial charge in [0.25, 0.3) is 0 Å². The van der Waals surface area contributed by atoms with Crippen molar-refractivity contribution in [3.8, 4) is 0 Å². The highest BCUT2D eigenvalue weighted by atomic mass is 32.1. The van der Waals surface area contributed by atoms with E-state index < -0.39 is 0 Å². The van der Waals surface area contributed by atoms with Gasteiger partial charge in [0, 0.05) is 9.79 Å². The number of hydrogen-bond donors (Lipinski definition) is 4. The first-order valence-corrected chi connectivity index (χ1v) is 7.62. The van der Waals surface area contributed by atoms with Gasteiger partial charge < -0.3 is 9.97 Å². The molecule has 108 valence electrons. The first kappa shape index (κ1) is 13.5. The Bertz CT molecular complexity index is 932. The lowest BCUT2D eigenvalue weighted by Crippen LogP contribution is -1.76. The zero-order chi connectivity index (χ0) is 15.1. The van der Waals surface area contributed by atoms with E-state index in [2.05, 4.69) is 45.2 Å². The Balaban J connectivity index is 1.68. The monoisotopic (exact) mass is 324 g/mol. The average Bonchev–Trinajstić information content (AvgIpc) is 3.07. The number of H-pyrrole nitrogens is 2. The van der Waals surface area contributed by atoms with Gasteiger partial charge in [0.05, 0.1) is 22.1 Å². The number of aromatic amines is 2. The molecule has 0 aliphatic rings. The maximum absolute atomic E-state index is 4.51. The molecule has 4 nitrogen and oxygen atoms in total. The van der Waals surface area contributed by atoms with Gasteiger partial charge >= 0.3 is 0 Å². The van der Waals surface area contributed by atoms with Gasteiger partial charge in [0.1, 0.15) is 11.6 Å². The van der Waals surface area contributed by atoms with E-state index >= 15 is 0 Å². The normalized spacial score (nSPS) is 11.9. The third-order valence-electron chi connectivity index (χ3n) is 3.37. The van der Waals surface area contributed by atoms with Crippen LogP contribution in [0.2, 0.25) is 0 Å². The van der Waals surface area contributed by atoms with E-state index in [1.807, 2.05) is 48.6 Å². The van der Waals surface area contributed by atoms with E-state index in [1.54, 1.807) is 0 Å². The summed E-state index contributed by atoms with van der Waals surface area (Å²) in [5.41, 5.74) is 3.77. The van der Waals surface area contributed by atoms with Gasteiger partial charge in [-0.05, 0) is 48.6 Å². The molecule has 0 atom stereocenters. The minimum atomic E-state index is 0.782. The number of hydrogen-bond acceptors (Lipinski definition) is 4. The predicted molar refractivity (Wildman–Crippen MR) is 95.6 cm³/mol. The van der Waals surface area contributed by atoms with E-state index in [1.165, 1.54) is 0 Å². The SMILES string of the molecule is Sc1ccc2nc(C=Cc3nc4ccc(S)cc4[nH]3)[nH]c2c1. The van der Waals surface area contributed by atoms with Crippen LogP contribution in [0.1, 0.15) is 11.6 Å². The number of rotatable bonds is 2. The Morgan fingerprint density at radius 2 is 1.18 bits per heavy atom. The third-order valence-corrected chi connectivity index (χ3v) is 3.92. The molecule has 0 aliphatic carbocycles. The number of aromatic nitrogens is 4. The Hall–Kier alpha value is -2.18. The third kappa shape index (κ3) is 2.51. The Morgan fingerprint density at radius 1 is 0.727 bits per heavy atom. The van der Waals surface area contributed by atoms with Crippen molar-refractivity contribution >= 4 is 59.5 Å². The van der Waals surface area contributed by atoms with Gasteiger partial charge in [-0.1, -0.05) is 0 Å². The van der Waals surface area contributed by atoms with E-state index in [4.69, 9.17) is 0 Å². The molecule has 2 heterocycles. The van der Waals surface area contributed by atoms with Crippen LogP contribution in [-0.2, 0) is 0 Å². The Morgan fingerprint density at radius 3 is 1.64 bits per heavy atom. The van der Waals surface area contributed by atoms with Crippen LogP contribution in [0.5, 0.6) is 0 Å². The largest absolute Gasteiger partial charge is 0.338 e. The lowest BCUT2D eigenvalue weighted by atomic mass is 10.3. The summed E-state index contributed by atoms with van der Waals surface area (Å²) in [5, 5.41) is 0. The molecule has 0 saturated carbocycles. The van der Waals surface area contributed by atoms with Crippen molar-refractivity contribution < 1.29 is 0 Å². The second-order valence-electron chi connectivity index (χ2n) is 4.98. The zero-order valence-corrected chi connectivity index (χ0v) is 13.2. The number of nitrogens with zero attached hydrogens (tertiary/aromatic N) is 2. The van der Waals surface area contributed by atoms with Crippen LogP contribution in [-0.4, -0.2) is 19.9 Å². The fraction of sp³-hybridized carbons (Fsp3) is 0. The smallest absolute Gasteiger partial charge is 0.131 e. The zero-order valence-electron chi connectivity index (χ0n) is 11.4. The summed E-state index contributed by atoms with van der Waals surface area (Å²) in [6.45, 7) is 0. The summed E-state index contributed by atoms with van der Waals surface area (Å²) in [6.07, 6.45) is 3.80. The summed E-state index contributed by atoms with van der Waals surface area (Å²) in [5.74, 6) is 1.56. The van der Waals surface area contributed by atoms with Crippen LogP contribution in [0.4, 0.5) is 0 Å². The second-order valence-corrected chi connectivity index (χ2v) is 6.01. The van der Waals surface area contributed by atoms with Crippen LogP contribution < -0.4 is 0 Å². The molecule has 0 amide bonds. The molecule has 0 unspecified atom stereocenters. The molecular weight excluding hydrogens is 312 g/mol. The molecule has 2 aromatic carbocycles. The summed E-state index contributed by atoms with van der Waals surface area (Å²) in [4.78, 5) is 17.3. The van der Waals surface area contributed by atoms with E-state index in [-0.39, 0.29) is 0 Å². The Kier molecular flexibility index (Phi) is 3.20. The number of fused-ring (bicyclic) bond motifs is 2. The Labute approximate surface area is 137 Å². The van der Waals surface area contributed by atoms with Crippen molar-refractivity contribution in [2.75, 3.05) is 0 Å². The van der Waals surface area contributed by atoms with Crippen LogP contribution in [0.15, 0.2) is 46.2 Å². The fourth-order valence-electron chi connectivity index (χ4n) is 2.35. The molecule has 6 heteroatoms. The molecule has 0 aliphatic heterocycles. The molecule has 0 saturated heterocycles. The topological polar surface area (TPSA) is 57.4 Å². The lowest BCUT2D eigenvalue weighted by Gasteiger charge is -1.88. The highest BCUT2D eigenvalue weighted by Gasteiger charge is 2.02. The van der Waals surface area contributed by atoms with Gasteiger partial charge in [-0.15, -0.1) is 25.3 Å². The molecule has 4 rings (SSSR count). The molecular formula is C16H12N4S2. The quantitative estimate of drug-likeness (QED) is 0.418. The first-order valence-electron chi connectivity index (χ1n) is 6.73. The van der Waals surface area contributed by atoms with Gasteiger partial charge in [-0.2, -0.15) is 0 Å². The van der Waals surface area contributed by atoms with E-state index in [0.717, 1.165) is 43.5 Å². The summed E-state index contributed by atoms with van der Waals surface area (Å²) < 4.78 is 0. The van der Waals surface area contributed by atoms with Crippen molar-refractivity contribution in [2.45, 2.75) is 9.79 Å². The van der Waals surface area contributed by atoms with Gasteiger partial charge in [0.2, 0.25) is 0 Å². The standard InChI is InChI=1S/C16H12N4S2/c21-9-1-3-11-13(7-9)19-15(17-11)5-6-16-18-12-4-2-10(22)8-14(12)20-16/h1-8,21-22H,(H,17,19)(H,18,20). The van der Waals surface area contributed by atoms with Crippen molar-refractivity contribution in [1.29, 1.82) is 0 Å². The van der Waals surface area contributed by atoms with Gasteiger partial charge in [-0.25, -0.2) is 9.97 Å². The maximum atomic E-state index is 4.51. The maximum Gasteiger partial charge on any atom is 0.131 e. The minimum Gasteiger partial charge on any atom is -0.338 e. The van der Waals surface area contributed by atoms with Crippen LogP contribution >= 0.6 is 25.3 Å². The molecule has 4 aromatic rings. The minimum absolute atomic E-state index is 0.782. The highest BCUT2D eigenvalue weighted by molar-refractivity contribution is 7.80. The molecule has 0 fully saturated rings. The molecule has 0 spiro atoms. The first-order chi connectivity index (χ1) is 10.7. The molecule has 2 aromatic heterocycles. The predicted octanol–water partition coefficient (Wildman–Crippen LogP) is 4.19. The van der Waals surface area contributed by atoms with E-state index in [9.17, 15) is 0 Å². The second kappa shape index (κ2) is 5.23. The number of thiol groups is 2. The highest BCUT2D eigenvalue weighted by Crippen LogP contribution is 2.19. The number of nitrogens with one attached hydrogen (secondary N) is 2. The van der Waals surface area contributed by atoms with Crippen LogP contribution in [0, 0.1) is 0 Å². The van der Waals surface area contributed by atoms with Crippen LogP contribution in [0.25, 0.3) is 34.2 Å². The van der Waals surface area contributed by atoms with Crippen LogP contribution in [0.3, 0.4) is 0 Å². The van der Waals surface area contributed by atoms with Gasteiger partial charge in [-0.3, -0.25) is 0 Å². The number of benzene rings is 2. The summed E-state index contributed by atoms with van der Waals surface area (Å²) >= 11 is 8.66. The van der Waals surface area contributed by atoms with Crippen molar-refractivity contribution in [3.05, 3.63) is 48.0 Å². The average molecular weight is 324 g/mol. The van der Waals surface area contributed by atoms with Gasteiger partial charge in [0.15, 0.2) is 0 Å². The summed E-state index contributed by atoms with van der Waals surface area (Å²) in [6, 6.07) is 11.7. The van der Waals surface area contributed by atoms with Crippen molar-refractivity contribution in [3.63, 3.8) is 0 Å². The molecule has 2 N–H and O–H groups in total.